The molecule has 0 heterocycles. The maximum absolute atomic E-state index is 14.2. The van der Waals surface area contributed by atoms with Gasteiger partial charge in [-0.05, 0) is 23.6 Å². The first kappa shape index (κ1) is 15.6. The highest BCUT2D eigenvalue weighted by Gasteiger charge is 2.19. The predicted molar refractivity (Wildman–Crippen MR) is 83.0 cm³/mol. The lowest BCUT2D eigenvalue weighted by Gasteiger charge is -2.15. The number of hydrogen-bond acceptors (Lipinski definition) is 2. The topological polar surface area (TPSA) is 18.5 Å². The first-order valence-electron chi connectivity index (χ1n) is 6.75. The molecule has 0 bridgehead atoms. The van der Waals surface area contributed by atoms with Crippen molar-refractivity contribution in [3.05, 3.63) is 58.9 Å². The van der Waals surface area contributed by atoms with Gasteiger partial charge in [0.05, 0.1) is 19.6 Å². The molecule has 0 fully saturated rings. The molecule has 1 unspecified atom stereocenters. The molecular formula is C17H18ClFO2. The molecule has 2 aromatic rings. The molecule has 0 spiro atoms. The molecule has 0 N–H and O–H groups in total. The SMILES string of the molecule is CCc1ccc(C(Cl)c2cc(OC)c(OC)cc2F)cc1. The van der Waals surface area contributed by atoms with Crippen molar-refractivity contribution >= 4 is 11.6 Å². The molecule has 2 aromatic carbocycles. The monoisotopic (exact) mass is 308 g/mol. The molecule has 2 rings (SSSR count). The van der Waals surface area contributed by atoms with Gasteiger partial charge in [0.25, 0.3) is 0 Å². The van der Waals surface area contributed by atoms with Crippen LogP contribution >= 0.6 is 11.6 Å². The molecule has 0 aliphatic heterocycles. The van der Waals surface area contributed by atoms with Crippen LogP contribution in [-0.2, 0) is 6.42 Å². The van der Waals surface area contributed by atoms with E-state index in [9.17, 15) is 4.39 Å². The highest BCUT2D eigenvalue weighted by atomic mass is 35.5. The Hall–Kier alpha value is -1.74. The Kier molecular flexibility index (Phi) is 5.07. The van der Waals surface area contributed by atoms with Crippen molar-refractivity contribution in [1.82, 2.24) is 0 Å². The Labute approximate surface area is 129 Å². The number of halogens is 2. The fraction of sp³-hybridized carbons (Fsp3) is 0.294. The normalized spacial score (nSPS) is 12.0. The fourth-order valence-electron chi connectivity index (χ4n) is 2.17. The van der Waals surface area contributed by atoms with Gasteiger partial charge < -0.3 is 9.47 Å². The molecule has 0 aromatic heterocycles. The van der Waals surface area contributed by atoms with Crippen LogP contribution in [0, 0.1) is 5.82 Å². The van der Waals surface area contributed by atoms with Gasteiger partial charge in [-0.25, -0.2) is 4.39 Å². The molecule has 0 saturated carbocycles. The highest BCUT2D eigenvalue weighted by Crippen LogP contribution is 2.37. The van der Waals surface area contributed by atoms with E-state index in [1.165, 1.54) is 25.8 Å². The molecular weight excluding hydrogens is 291 g/mol. The van der Waals surface area contributed by atoms with Gasteiger partial charge in [-0.1, -0.05) is 31.2 Å². The van der Waals surface area contributed by atoms with E-state index in [0.717, 1.165) is 12.0 Å². The molecule has 0 aliphatic rings. The van der Waals surface area contributed by atoms with Crippen LogP contribution in [0.1, 0.15) is 29.0 Å². The number of methoxy groups -OCH3 is 2. The minimum absolute atomic E-state index is 0.351. The Morgan fingerprint density at radius 2 is 1.62 bits per heavy atom. The molecule has 2 nitrogen and oxygen atoms in total. The highest BCUT2D eigenvalue weighted by molar-refractivity contribution is 6.22. The molecule has 0 saturated heterocycles. The Bertz CT molecular complexity index is 611. The Morgan fingerprint density at radius 1 is 1.05 bits per heavy atom. The second kappa shape index (κ2) is 6.81. The molecule has 4 heteroatoms. The summed E-state index contributed by atoms with van der Waals surface area (Å²) in [5.74, 6) is 0.404. The van der Waals surface area contributed by atoms with E-state index in [4.69, 9.17) is 21.1 Å². The van der Waals surface area contributed by atoms with Crippen molar-refractivity contribution in [3.63, 3.8) is 0 Å². The van der Waals surface area contributed by atoms with Gasteiger partial charge in [0.2, 0.25) is 0 Å². The lowest BCUT2D eigenvalue weighted by atomic mass is 10.0. The standard InChI is InChI=1S/C17H18ClFO2/c1-4-11-5-7-12(8-6-11)17(18)13-9-15(20-2)16(21-3)10-14(13)19/h5-10,17H,4H2,1-3H3. The van der Waals surface area contributed by atoms with Crippen LogP contribution in [0.25, 0.3) is 0 Å². The molecule has 1 atom stereocenters. The number of ether oxygens (including phenoxy) is 2. The van der Waals surface area contributed by atoms with Gasteiger partial charge in [0.1, 0.15) is 5.82 Å². The summed E-state index contributed by atoms with van der Waals surface area (Å²) in [7, 11) is 2.98. The maximum Gasteiger partial charge on any atom is 0.163 e. The van der Waals surface area contributed by atoms with Gasteiger partial charge in [-0.3, -0.25) is 0 Å². The second-order valence-electron chi connectivity index (χ2n) is 4.69. The molecule has 21 heavy (non-hydrogen) atoms. The van der Waals surface area contributed by atoms with Gasteiger partial charge in [-0.15, -0.1) is 11.6 Å². The smallest absolute Gasteiger partial charge is 0.163 e. The van der Waals surface area contributed by atoms with Crippen molar-refractivity contribution in [2.75, 3.05) is 14.2 Å². The predicted octanol–water partition coefficient (Wildman–Crippen LogP) is 4.73. The summed E-state index contributed by atoms with van der Waals surface area (Å²) in [5.41, 5.74) is 2.44. The van der Waals surface area contributed by atoms with Crippen LogP contribution in [0.15, 0.2) is 36.4 Å². The van der Waals surface area contributed by atoms with Crippen LogP contribution in [-0.4, -0.2) is 14.2 Å². The minimum Gasteiger partial charge on any atom is -0.493 e. The summed E-state index contributed by atoms with van der Waals surface area (Å²) < 4.78 is 24.5. The van der Waals surface area contributed by atoms with E-state index in [1.54, 1.807) is 6.07 Å². The fourth-order valence-corrected chi connectivity index (χ4v) is 2.48. The maximum atomic E-state index is 14.2. The van der Waals surface area contributed by atoms with Crippen LogP contribution in [0.3, 0.4) is 0 Å². The summed E-state index contributed by atoms with van der Waals surface area (Å²) in [5, 5.41) is -0.573. The average Bonchev–Trinajstić information content (AvgIpc) is 2.54. The van der Waals surface area contributed by atoms with Gasteiger partial charge >= 0.3 is 0 Å². The third kappa shape index (κ3) is 3.30. The summed E-state index contributed by atoms with van der Waals surface area (Å²) in [6, 6.07) is 10.7. The van der Waals surface area contributed by atoms with E-state index in [1.807, 2.05) is 24.3 Å². The Balaban J connectivity index is 2.39. The summed E-state index contributed by atoms with van der Waals surface area (Å²) in [6.45, 7) is 2.08. The van der Waals surface area contributed by atoms with E-state index in [-0.39, 0.29) is 0 Å². The summed E-state index contributed by atoms with van der Waals surface area (Å²) >= 11 is 6.42. The largest absolute Gasteiger partial charge is 0.493 e. The van der Waals surface area contributed by atoms with E-state index < -0.39 is 11.2 Å². The van der Waals surface area contributed by atoms with E-state index >= 15 is 0 Å². The van der Waals surface area contributed by atoms with Crippen LogP contribution in [0.5, 0.6) is 11.5 Å². The van der Waals surface area contributed by atoms with E-state index in [2.05, 4.69) is 6.92 Å². The van der Waals surface area contributed by atoms with Crippen LogP contribution in [0.2, 0.25) is 0 Å². The zero-order chi connectivity index (χ0) is 15.4. The van der Waals surface area contributed by atoms with Gasteiger partial charge in [0, 0.05) is 11.6 Å². The lowest BCUT2D eigenvalue weighted by molar-refractivity contribution is 0.351. The molecule has 0 amide bonds. The average molecular weight is 309 g/mol. The molecule has 112 valence electrons. The first-order chi connectivity index (χ1) is 10.1. The second-order valence-corrected chi connectivity index (χ2v) is 5.12. The third-order valence-corrected chi connectivity index (χ3v) is 3.94. The van der Waals surface area contributed by atoms with Crippen molar-refractivity contribution in [2.24, 2.45) is 0 Å². The number of benzene rings is 2. The van der Waals surface area contributed by atoms with E-state index in [0.29, 0.717) is 17.1 Å². The zero-order valence-electron chi connectivity index (χ0n) is 12.3. The van der Waals surface area contributed by atoms with Gasteiger partial charge in [0.15, 0.2) is 11.5 Å². The van der Waals surface area contributed by atoms with Crippen molar-refractivity contribution in [3.8, 4) is 11.5 Å². The summed E-state index contributed by atoms with van der Waals surface area (Å²) in [6.07, 6.45) is 0.956. The lowest BCUT2D eigenvalue weighted by Crippen LogP contribution is -2.00. The third-order valence-electron chi connectivity index (χ3n) is 3.46. The minimum atomic E-state index is -0.573. The van der Waals surface area contributed by atoms with Crippen molar-refractivity contribution in [1.29, 1.82) is 0 Å². The molecule has 0 aliphatic carbocycles. The summed E-state index contributed by atoms with van der Waals surface area (Å²) in [4.78, 5) is 0. The number of rotatable bonds is 5. The first-order valence-corrected chi connectivity index (χ1v) is 7.18. The Morgan fingerprint density at radius 3 is 2.14 bits per heavy atom. The number of hydrogen-bond donors (Lipinski definition) is 0. The van der Waals surface area contributed by atoms with Crippen molar-refractivity contribution in [2.45, 2.75) is 18.7 Å². The van der Waals surface area contributed by atoms with Crippen LogP contribution < -0.4 is 9.47 Å². The number of aryl methyl sites for hydroxylation is 1. The quantitative estimate of drug-likeness (QED) is 0.743. The van der Waals surface area contributed by atoms with Crippen LogP contribution in [0.4, 0.5) is 4.39 Å². The number of alkyl halides is 1. The van der Waals surface area contributed by atoms with Crippen molar-refractivity contribution < 1.29 is 13.9 Å². The molecule has 0 radical (unpaired) electrons. The van der Waals surface area contributed by atoms with Gasteiger partial charge in [-0.2, -0.15) is 0 Å². The zero-order valence-corrected chi connectivity index (χ0v) is 13.1.